The Morgan fingerprint density at radius 2 is 2.09 bits per heavy atom. The van der Waals surface area contributed by atoms with Gasteiger partial charge in [0.1, 0.15) is 18.0 Å². The molecule has 0 bridgehead atoms. The van der Waals surface area contributed by atoms with E-state index in [2.05, 4.69) is 15.9 Å². The van der Waals surface area contributed by atoms with Gasteiger partial charge in [-0.3, -0.25) is 4.79 Å². The summed E-state index contributed by atoms with van der Waals surface area (Å²) < 4.78 is 1.69. The Morgan fingerprint density at radius 1 is 1.52 bits per heavy atom. The number of nitrogens with zero attached hydrogens (tertiary/aromatic N) is 1. The van der Waals surface area contributed by atoms with Gasteiger partial charge >= 0.3 is 5.97 Å². The maximum Gasteiger partial charge on any atom is 0.330 e. The van der Waals surface area contributed by atoms with E-state index in [-0.39, 0.29) is 11.3 Å². The molecule has 0 spiro atoms. The van der Waals surface area contributed by atoms with Crippen LogP contribution in [0.2, 0.25) is 0 Å². The standard InChI is InChI=1S/C13H17BrCl3NO4S/c1-4-6(19)13(14)9(21)18-7(11(2,3)23-10(13)18)8(20)22-5-12(15,16)17/h6-7,10,19H,4-5H2,1-3H3/t6-,7+,10-,13?/m1/s1. The number of carbonyl (C=O) groups is 2. The molecular weight excluding hydrogens is 452 g/mol. The van der Waals surface area contributed by atoms with E-state index < -0.39 is 37.6 Å². The highest BCUT2D eigenvalue weighted by molar-refractivity contribution is 9.10. The molecule has 132 valence electrons. The van der Waals surface area contributed by atoms with Crippen molar-refractivity contribution in [2.45, 2.75) is 57.6 Å². The molecule has 2 saturated heterocycles. The van der Waals surface area contributed by atoms with Gasteiger partial charge in [-0.1, -0.05) is 57.7 Å². The Labute approximate surface area is 162 Å². The molecule has 1 unspecified atom stereocenters. The summed E-state index contributed by atoms with van der Waals surface area (Å²) in [7, 11) is 0. The number of rotatable bonds is 4. The molecule has 0 aromatic rings. The number of β-lactam (4-membered cyclic amide) rings is 1. The second kappa shape index (κ2) is 6.40. The van der Waals surface area contributed by atoms with Crippen LogP contribution in [-0.4, -0.2) is 58.9 Å². The summed E-state index contributed by atoms with van der Waals surface area (Å²) in [5.74, 6) is -0.948. The molecule has 0 aromatic heterocycles. The average Bonchev–Trinajstić information content (AvgIpc) is 2.71. The number of fused-ring (bicyclic) bond motifs is 1. The summed E-state index contributed by atoms with van der Waals surface area (Å²) in [6, 6.07) is -0.799. The van der Waals surface area contributed by atoms with Crippen molar-refractivity contribution in [1.82, 2.24) is 4.90 Å². The van der Waals surface area contributed by atoms with Crippen molar-refractivity contribution in [2.75, 3.05) is 6.61 Å². The van der Waals surface area contributed by atoms with E-state index in [4.69, 9.17) is 39.5 Å². The molecule has 0 aromatic carbocycles. The maximum atomic E-state index is 12.6. The minimum atomic E-state index is -1.71. The monoisotopic (exact) mass is 467 g/mol. The van der Waals surface area contributed by atoms with E-state index in [1.165, 1.54) is 16.7 Å². The van der Waals surface area contributed by atoms with Crippen molar-refractivity contribution in [3.8, 4) is 0 Å². The highest BCUT2D eigenvalue weighted by Crippen LogP contribution is 2.59. The summed E-state index contributed by atoms with van der Waals surface area (Å²) in [6.45, 7) is 5.09. The maximum absolute atomic E-state index is 12.6. The summed E-state index contributed by atoms with van der Waals surface area (Å²) in [4.78, 5) is 26.4. The number of aliphatic hydroxyl groups excluding tert-OH is 1. The van der Waals surface area contributed by atoms with Gasteiger partial charge in [-0.25, -0.2) is 4.79 Å². The molecule has 4 atom stereocenters. The number of ether oxygens (including phenoxy) is 1. The van der Waals surface area contributed by atoms with Gasteiger partial charge in [0.15, 0.2) is 4.32 Å². The van der Waals surface area contributed by atoms with Crippen molar-refractivity contribution < 1.29 is 19.4 Å². The second-order valence-electron chi connectivity index (χ2n) is 6.10. The number of halogens is 4. The highest BCUT2D eigenvalue weighted by Gasteiger charge is 2.72. The first-order chi connectivity index (χ1) is 10.4. The Hall–Kier alpha value is 0.600. The molecule has 1 N–H and O–H groups in total. The normalized spacial score (nSPS) is 33.9. The molecule has 1 amide bonds. The minimum absolute atomic E-state index is 0.328. The zero-order valence-electron chi connectivity index (χ0n) is 12.7. The fraction of sp³-hybridized carbons (Fsp3) is 0.846. The van der Waals surface area contributed by atoms with Gasteiger partial charge in [0, 0.05) is 4.75 Å². The summed E-state index contributed by atoms with van der Waals surface area (Å²) in [5.41, 5.74) is 0. The predicted molar refractivity (Wildman–Crippen MR) is 95.3 cm³/mol. The summed E-state index contributed by atoms with van der Waals surface area (Å²) >= 11 is 21.6. The quantitative estimate of drug-likeness (QED) is 0.390. The molecule has 2 rings (SSSR count). The Bertz CT molecular complexity index is 530. The first-order valence-electron chi connectivity index (χ1n) is 6.97. The van der Waals surface area contributed by atoms with Crippen LogP contribution in [0, 0.1) is 0 Å². The van der Waals surface area contributed by atoms with E-state index in [1.54, 1.807) is 6.92 Å². The Morgan fingerprint density at radius 3 is 2.57 bits per heavy atom. The zero-order valence-corrected chi connectivity index (χ0v) is 17.4. The summed E-state index contributed by atoms with van der Waals surface area (Å²) in [6.07, 6.45) is -0.416. The van der Waals surface area contributed by atoms with E-state index in [0.717, 1.165) is 0 Å². The minimum Gasteiger partial charge on any atom is -0.460 e. The van der Waals surface area contributed by atoms with Crippen LogP contribution in [0.3, 0.4) is 0 Å². The second-order valence-corrected chi connectivity index (χ2v) is 11.7. The molecule has 5 nitrogen and oxygen atoms in total. The Kier molecular flexibility index (Phi) is 5.54. The molecule has 2 fully saturated rings. The van der Waals surface area contributed by atoms with Crippen molar-refractivity contribution in [2.24, 2.45) is 0 Å². The number of aliphatic hydroxyl groups is 1. The first-order valence-corrected chi connectivity index (χ1v) is 9.78. The Balaban J connectivity index is 2.20. The first kappa shape index (κ1) is 19.9. The van der Waals surface area contributed by atoms with Crippen LogP contribution in [0.4, 0.5) is 0 Å². The zero-order chi connectivity index (χ0) is 17.8. The van der Waals surface area contributed by atoms with Crippen LogP contribution < -0.4 is 0 Å². The van der Waals surface area contributed by atoms with Crippen LogP contribution >= 0.6 is 62.5 Å². The molecule has 2 aliphatic heterocycles. The van der Waals surface area contributed by atoms with E-state index >= 15 is 0 Å². The molecular formula is C13H17BrCl3NO4S. The van der Waals surface area contributed by atoms with E-state index in [1.807, 2.05) is 13.8 Å². The van der Waals surface area contributed by atoms with Gasteiger partial charge in [-0.05, 0) is 20.3 Å². The number of hydrogen-bond acceptors (Lipinski definition) is 5. The van der Waals surface area contributed by atoms with Crippen molar-refractivity contribution >= 4 is 74.4 Å². The van der Waals surface area contributed by atoms with Gasteiger partial charge in [0.25, 0.3) is 0 Å². The number of carbonyl (C=O) groups excluding carboxylic acids is 2. The largest absolute Gasteiger partial charge is 0.460 e. The van der Waals surface area contributed by atoms with Crippen molar-refractivity contribution in [1.29, 1.82) is 0 Å². The lowest BCUT2D eigenvalue weighted by molar-refractivity contribution is -0.167. The van der Waals surface area contributed by atoms with Gasteiger partial charge in [-0.15, -0.1) is 11.8 Å². The number of thioether (sulfide) groups is 1. The molecule has 2 heterocycles. The molecule has 10 heteroatoms. The van der Waals surface area contributed by atoms with Crippen LogP contribution in [0.1, 0.15) is 27.2 Å². The highest BCUT2D eigenvalue weighted by atomic mass is 79.9. The molecule has 0 radical (unpaired) electrons. The lowest BCUT2D eigenvalue weighted by Crippen LogP contribution is -2.74. The number of amides is 1. The fourth-order valence-corrected chi connectivity index (χ4v) is 5.73. The third kappa shape index (κ3) is 3.34. The lowest BCUT2D eigenvalue weighted by Gasteiger charge is -2.51. The van der Waals surface area contributed by atoms with Gasteiger partial charge < -0.3 is 14.7 Å². The van der Waals surface area contributed by atoms with Gasteiger partial charge in [-0.2, -0.15) is 0 Å². The fourth-order valence-electron chi connectivity index (χ4n) is 2.86. The molecule has 0 aliphatic carbocycles. The predicted octanol–water partition coefficient (Wildman–Crippen LogP) is 2.87. The summed E-state index contributed by atoms with van der Waals surface area (Å²) in [5, 5.41) is 9.83. The van der Waals surface area contributed by atoms with Gasteiger partial charge in [0.05, 0.1) is 6.10 Å². The van der Waals surface area contributed by atoms with E-state index in [9.17, 15) is 14.7 Å². The van der Waals surface area contributed by atoms with Crippen molar-refractivity contribution in [3.63, 3.8) is 0 Å². The van der Waals surface area contributed by atoms with Crippen molar-refractivity contribution in [3.05, 3.63) is 0 Å². The number of alkyl halides is 4. The van der Waals surface area contributed by atoms with Crippen LogP contribution in [0.15, 0.2) is 0 Å². The smallest absolute Gasteiger partial charge is 0.330 e. The lowest BCUT2D eigenvalue weighted by atomic mass is 9.86. The number of esters is 1. The molecule has 2 aliphatic rings. The van der Waals surface area contributed by atoms with Crippen LogP contribution in [0.5, 0.6) is 0 Å². The molecule has 0 saturated carbocycles. The topological polar surface area (TPSA) is 66.8 Å². The number of hydrogen-bond donors (Lipinski definition) is 1. The molecule has 23 heavy (non-hydrogen) atoms. The van der Waals surface area contributed by atoms with Crippen LogP contribution in [-0.2, 0) is 14.3 Å². The average molecular weight is 470 g/mol. The SMILES string of the molecule is CC[C@@H](O)C1(Br)C(=O)N2[C@@H](C(=O)OCC(Cl)(Cl)Cl)C(C)(C)S[C@@H]21. The van der Waals surface area contributed by atoms with Crippen LogP contribution in [0.25, 0.3) is 0 Å². The van der Waals surface area contributed by atoms with E-state index in [0.29, 0.717) is 6.42 Å². The van der Waals surface area contributed by atoms with Gasteiger partial charge in [0.2, 0.25) is 9.70 Å². The third-order valence-corrected chi connectivity index (χ3v) is 7.58. The third-order valence-electron chi connectivity index (χ3n) is 4.00.